The van der Waals surface area contributed by atoms with E-state index in [0.717, 1.165) is 5.56 Å². The SMILES string of the molecule is Cc1ccnc(NC(=O)c2ccc(C#CCCO)cn2)c1. The molecule has 0 radical (unpaired) electrons. The van der Waals surface area contributed by atoms with Crippen LogP contribution in [0.3, 0.4) is 0 Å². The van der Waals surface area contributed by atoms with Crippen LogP contribution in [0, 0.1) is 18.8 Å². The van der Waals surface area contributed by atoms with Crippen molar-refractivity contribution in [3.8, 4) is 11.8 Å². The molecule has 1 amide bonds. The zero-order chi connectivity index (χ0) is 15.1. The Kier molecular flexibility index (Phi) is 5.02. The second kappa shape index (κ2) is 7.17. The molecule has 2 N–H and O–H groups in total. The van der Waals surface area contributed by atoms with Gasteiger partial charge in [0.15, 0.2) is 0 Å². The van der Waals surface area contributed by atoms with Crippen LogP contribution in [0.1, 0.15) is 28.0 Å². The minimum Gasteiger partial charge on any atom is -0.395 e. The van der Waals surface area contributed by atoms with Crippen molar-refractivity contribution in [2.24, 2.45) is 0 Å². The molecule has 0 aliphatic heterocycles. The minimum atomic E-state index is -0.317. The lowest BCUT2D eigenvalue weighted by molar-refractivity contribution is 0.102. The highest BCUT2D eigenvalue weighted by Gasteiger charge is 2.07. The molecule has 2 heterocycles. The van der Waals surface area contributed by atoms with E-state index < -0.39 is 0 Å². The van der Waals surface area contributed by atoms with Gasteiger partial charge >= 0.3 is 0 Å². The van der Waals surface area contributed by atoms with Crippen molar-refractivity contribution in [2.45, 2.75) is 13.3 Å². The Labute approximate surface area is 123 Å². The number of pyridine rings is 2. The van der Waals surface area contributed by atoms with E-state index in [-0.39, 0.29) is 12.5 Å². The lowest BCUT2D eigenvalue weighted by Crippen LogP contribution is -2.14. The van der Waals surface area contributed by atoms with Crippen LogP contribution in [0.4, 0.5) is 5.82 Å². The van der Waals surface area contributed by atoms with Crippen molar-refractivity contribution < 1.29 is 9.90 Å². The summed E-state index contributed by atoms with van der Waals surface area (Å²) in [5.74, 6) is 5.83. The molecule has 21 heavy (non-hydrogen) atoms. The number of aryl methyl sites for hydroxylation is 1. The van der Waals surface area contributed by atoms with Crippen LogP contribution in [0.15, 0.2) is 36.7 Å². The zero-order valence-electron chi connectivity index (χ0n) is 11.6. The fraction of sp³-hybridized carbons (Fsp3) is 0.188. The largest absolute Gasteiger partial charge is 0.395 e. The van der Waals surface area contributed by atoms with Crippen molar-refractivity contribution >= 4 is 11.7 Å². The Morgan fingerprint density at radius 2 is 2.19 bits per heavy atom. The number of aliphatic hydroxyl groups is 1. The van der Waals surface area contributed by atoms with Crippen LogP contribution in [-0.2, 0) is 0 Å². The summed E-state index contributed by atoms with van der Waals surface area (Å²) < 4.78 is 0. The number of amides is 1. The number of hydrogen-bond acceptors (Lipinski definition) is 4. The quantitative estimate of drug-likeness (QED) is 0.841. The first-order chi connectivity index (χ1) is 10.2. The molecule has 0 aliphatic carbocycles. The Morgan fingerprint density at radius 1 is 1.33 bits per heavy atom. The summed E-state index contributed by atoms with van der Waals surface area (Å²) in [6, 6.07) is 6.96. The molecule has 2 aromatic heterocycles. The Morgan fingerprint density at radius 3 is 2.86 bits per heavy atom. The molecule has 0 spiro atoms. The summed E-state index contributed by atoms with van der Waals surface area (Å²) in [4.78, 5) is 20.2. The predicted molar refractivity (Wildman–Crippen MR) is 79.7 cm³/mol. The van der Waals surface area contributed by atoms with Crippen LogP contribution in [0.25, 0.3) is 0 Å². The van der Waals surface area contributed by atoms with Gasteiger partial charge in [0.05, 0.1) is 6.61 Å². The second-order valence-electron chi connectivity index (χ2n) is 4.38. The van der Waals surface area contributed by atoms with E-state index in [1.54, 1.807) is 24.4 Å². The third-order valence-corrected chi connectivity index (χ3v) is 2.62. The summed E-state index contributed by atoms with van der Waals surface area (Å²) in [6.45, 7) is 1.96. The van der Waals surface area contributed by atoms with E-state index in [0.29, 0.717) is 23.5 Å². The molecule has 0 saturated carbocycles. The van der Waals surface area contributed by atoms with E-state index >= 15 is 0 Å². The average molecular weight is 281 g/mol. The van der Waals surface area contributed by atoms with Crippen molar-refractivity contribution in [3.63, 3.8) is 0 Å². The molecule has 2 aromatic rings. The standard InChI is InChI=1S/C16H15N3O2/c1-12-7-8-17-15(10-12)19-16(21)14-6-5-13(11-18-14)4-2-3-9-20/h5-8,10-11,20H,3,9H2,1H3,(H,17,19,21). The number of aliphatic hydroxyl groups excluding tert-OH is 1. The maximum Gasteiger partial charge on any atom is 0.275 e. The molecule has 0 bridgehead atoms. The molecule has 2 rings (SSSR count). The first kappa shape index (κ1) is 14.7. The predicted octanol–water partition coefficient (Wildman–Crippen LogP) is 1.77. The molecule has 0 saturated heterocycles. The first-order valence-corrected chi connectivity index (χ1v) is 6.49. The van der Waals surface area contributed by atoms with Gasteiger partial charge in [-0.1, -0.05) is 11.8 Å². The van der Waals surface area contributed by atoms with Gasteiger partial charge in [0.2, 0.25) is 0 Å². The van der Waals surface area contributed by atoms with Crippen LogP contribution in [-0.4, -0.2) is 27.6 Å². The second-order valence-corrected chi connectivity index (χ2v) is 4.38. The summed E-state index contributed by atoms with van der Waals surface area (Å²) in [5.41, 5.74) is 2.02. The molecule has 5 heteroatoms. The molecule has 106 valence electrons. The fourth-order valence-corrected chi connectivity index (χ4v) is 1.61. The number of nitrogens with one attached hydrogen (secondary N) is 1. The van der Waals surface area contributed by atoms with Crippen LogP contribution in [0.2, 0.25) is 0 Å². The van der Waals surface area contributed by atoms with E-state index in [2.05, 4.69) is 27.1 Å². The van der Waals surface area contributed by atoms with E-state index in [4.69, 9.17) is 5.11 Å². The first-order valence-electron chi connectivity index (χ1n) is 6.49. The maximum atomic E-state index is 12.0. The molecular weight excluding hydrogens is 266 g/mol. The highest BCUT2D eigenvalue weighted by molar-refractivity contribution is 6.02. The fourth-order valence-electron chi connectivity index (χ4n) is 1.61. The molecule has 5 nitrogen and oxygen atoms in total. The van der Waals surface area contributed by atoms with Gasteiger partial charge in [0.1, 0.15) is 11.5 Å². The Balaban J connectivity index is 2.05. The van der Waals surface area contributed by atoms with Crippen molar-refractivity contribution in [2.75, 3.05) is 11.9 Å². The Hall–Kier alpha value is -2.71. The van der Waals surface area contributed by atoms with Gasteiger partial charge in [0.25, 0.3) is 5.91 Å². The lowest BCUT2D eigenvalue weighted by atomic mass is 10.2. The van der Waals surface area contributed by atoms with Crippen molar-refractivity contribution in [1.82, 2.24) is 9.97 Å². The summed E-state index contributed by atoms with van der Waals surface area (Å²) >= 11 is 0. The number of carbonyl (C=O) groups excluding carboxylic acids is 1. The lowest BCUT2D eigenvalue weighted by Gasteiger charge is -2.04. The molecule has 0 aliphatic rings. The topological polar surface area (TPSA) is 75.1 Å². The summed E-state index contributed by atoms with van der Waals surface area (Å²) in [7, 11) is 0. The van der Waals surface area contributed by atoms with E-state index in [1.165, 1.54) is 6.20 Å². The van der Waals surface area contributed by atoms with Gasteiger partial charge in [0, 0.05) is 24.4 Å². The van der Waals surface area contributed by atoms with Gasteiger partial charge < -0.3 is 10.4 Å². The number of aromatic nitrogens is 2. The average Bonchev–Trinajstić information content (AvgIpc) is 2.48. The van der Waals surface area contributed by atoms with E-state index in [9.17, 15) is 4.79 Å². The number of hydrogen-bond donors (Lipinski definition) is 2. The smallest absolute Gasteiger partial charge is 0.275 e. The van der Waals surface area contributed by atoms with Crippen molar-refractivity contribution in [3.05, 3.63) is 53.5 Å². The van der Waals surface area contributed by atoms with Crippen molar-refractivity contribution in [1.29, 1.82) is 0 Å². The van der Waals surface area contributed by atoms with Gasteiger partial charge in [-0.15, -0.1) is 0 Å². The molecular formula is C16H15N3O2. The number of nitrogens with zero attached hydrogens (tertiary/aromatic N) is 2. The third kappa shape index (κ3) is 4.41. The third-order valence-electron chi connectivity index (χ3n) is 2.62. The molecule has 0 atom stereocenters. The monoisotopic (exact) mass is 281 g/mol. The normalized spacial score (nSPS) is 9.62. The van der Waals surface area contributed by atoms with E-state index in [1.807, 2.05) is 13.0 Å². The summed E-state index contributed by atoms with van der Waals surface area (Å²) in [5, 5.41) is 11.3. The Bertz CT molecular complexity index is 685. The highest BCUT2D eigenvalue weighted by Crippen LogP contribution is 2.07. The number of rotatable bonds is 3. The molecule has 0 unspecified atom stereocenters. The molecule has 0 aromatic carbocycles. The van der Waals surface area contributed by atoms with Gasteiger partial charge in [-0.2, -0.15) is 0 Å². The number of carbonyl (C=O) groups is 1. The molecule has 0 fully saturated rings. The zero-order valence-corrected chi connectivity index (χ0v) is 11.6. The number of anilines is 1. The van der Waals surface area contributed by atoms with Gasteiger partial charge in [-0.3, -0.25) is 4.79 Å². The van der Waals surface area contributed by atoms with Crippen LogP contribution < -0.4 is 5.32 Å². The maximum absolute atomic E-state index is 12.0. The summed E-state index contributed by atoms with van der Waals surface area (Å²) in [6.07, 6.45) is 3.59. The van der Waals surface area contributed by atoms with Gasteiger partial charge in [-0.25, -0.2) is 9.97 Å². The van der Waals surface area contributed by atoms with Crippen LogP contribution >= 0.6 is 0 Å². The minimum absolute atomic E-state index is 0.0322. The van der Waals surface area contributed by atoms with Crippen LogP contribution in [0.5, 0.6) is 0 Å². The van der Waals surface area contributed by atoms with Gasteiger partial charge in [-0.05, 0) is 36.8 Å². The highest BCUT2D eigenvalue weighted by atomic mass is 16.2.